The lowest BCUT2D eigenvalue weighted by atomic mass is 10.2. The molecule has 2 aromatic rings. The largest absolute Gasteiger partial charge is 0.351 e. The van der Waals surface area contributed by atoms with Gasteiger partial charge in [-0.15, -0.1) is 0 Å². The SMILES string of the molecule is CCN(CC)S(=O)(=O)c1cc(C(=O)NCCN2CCN(Cc3ccccc3)CC2)ccc1Cl. The van der Waals surface area contributed by atoms with Gasteiger partial charge in [0.1, 0.15) is 4.90 Å². The Hall–Kier alpha value is -1.97. The molecule has 1 fully saturated rings. The van der Waals surface area contributed by atoms with Gasteiger partial charge < -0.3 is 5.32 Å². The highest BCUT2D eigenvalue weighted by Crippen LogP contribution is 2.26. The maximum absolute atomic E-state index is 12.9. The second-order valence-electron chi connectivity index (χ2n) is 8.09. The topological polar surface area (TPSA) is 73.0 Å². The number of piperazine rings is 1. The predicted molar refractivity (Wildman–Crippen MR) is 132 cm³/mol. The summed E-state index contributed by atoms with van der Waals surface area (Å²) in [6, 6.07) is 14.9. The number of carbonyl (C=O) groups excluding carboxylic acids is 1. The number of sulfonamides is 1. The molecule has 2 aromatic carbocycles. The molecule has 0 aliphatic carbocycles. The summed E-state index contributed by atoms with van der Waals surface area (Å²) < 4.78 is 27.0. The van der Waals surface area contributed by atoms with Crippen molar-refractivity contribution in [2.24, 2.45) is 0 Å². The van der Waals surface area contributed by atoms with E-state index in [2.05, 4.69) is 39.4 Å². The van der Waals surface area contributed by atoms with Crippen LogP contribution in [0.25, 0.3) is 0 Å². The van der Waals surface area contributed by atoms with Crippen molar-refractivity contribution in [3.63, 3.8) is 0 Å². The lowest BCUT2D eigenvalue weighted by molar-refractivity contribution is 0.0934. The summed E-state index contributed by atoms with van der Waals surface area (Å²) in [4.78, 5) is 17.4. The minimum absolute atomic E-state index is 0.0324. The van der Waals surface area contributed by atoms with Crippen LogP contribution in [0.15, 0.2) is 53.4 Å². The van der Waals surface area contributed by atoms with Gasteiger partial charge in [0.25, 0.3) is 5.91 Å². The summed E-state index contributed by atoms with van der Waals surface area (Å²) in [7, 11) is -3.74. The quantitative estimate of drug-likeness (QED) is 0.552. The van der Waals surface area contributed by atoms with E-state index in [-0.39, 0.29) is 21.4 Å². The smallest absolute Gasteiger partial charge is 0.251 e. The number of nitrogens with zero attached hydrogens (tertiary/aromatic N) is 3. The number of carbonyl (C=O) groups is 1. The molecule has 1 aliphatic rings. The van der Waals surface area contributed by atoms with Crippen molar-refractivity contribution in [3.05, 3.63) is 64.7 Å². The number of halogens is 1. The zero-order valence-electron chi connectivity index (χ0n) is 19.3. The molecule has 1 heterocycles. The Labute approximate surface area is 202 Å². The van der Waals surface area contributed by atoms with Crippen LogP contribution in [0.2, 0.25) is 5.02 Å². The van der Waals surface area contributed by atoms with Crippen LogP contribution in [-0.4, -0.2) is 80.8 Å². The Morgan fingerprint density at radius 1 is 1.00 bits per heavy atom. The second kappa shape index (κ2) is 11.9. The molecule has 0 aromatic heterocycles. The molecule has 180 valence electrons. The third-order valence-corrected chi connectivity index (χ3v) is 8.48. The number of rotatable bonds is 10. The summed E-state index contributed by atoms with van der Waals surface area (Å²) >= 11 is 6.16. The summed E-state index contributed by atoms with van der Waals surface area (Å²) in [5.41, 5.74) is 1.61. The molecule has 0 radical (unpaired) electrons. The molecule has 0 spiro atoms. The van der Waals surface area contributed by atoms with Gasteiger partial charge in [0.15, 0.2) is 0 Å². The molecule has 1 aliphatic heterocycles. The molecule has 1 saturated heterocycles. The molecule has 0 unspecified atom stereocenters. The summed E-state index contributed by atoms with van der Waals surface area (Å²) in [5, 5.41) is 3.02. The van der Waals surface area contributed by atoms with Gasteiger partial charge in [0, 0.05) is 64.5 Å². The lowest BCUT2D eigenvalue weighted by Gasteiger charge is -2.34. The predicted octanol–water partition coefficient (Wildman–Crippen LogP) is 2.92. The monoisotopic (exact) mass is 492 g/mol. The first-order chi connectivity index (χ1) is 15.8. The standard InChI is InChI=1S/C24H33ClN4O3S/c1-3-29(4-2)33(31,32)23-18-21(10-11-22(23)25)24(30)26-12-13-27-14-16-28(17-15-27)19-20-8-6-5-7-9-20/h5-11,18H,3-4,12-17,19H2,1-2H3,(H,26,30). The van der Waals surface area contributed by atoms with Crippen molar-refractivity contribution in [2.75, 3.05) is 52.4 Å². The zero-order chi connectivity index (χ0) is 23.8. The van der Waals surface area contributed by atoms with Crippen LogP contribution in [0.5, 0.6) is 0 Å². The highest BCUT2D eigenvalue weighted by atomic mass is 35.5. The number of amides is 1. The molecular formula is C24H33ClN4O3S. The molecule has 0 bridgehead atoms. The Balaban J connectivity index is 1.49. The molecule has 0 saturated carbocycles. The highest BCUT2D eigenvalue weighted by Gasteiger charge is 2.25. The third kappa shape index (κ3) is 6.77. The Kier molecular flexibility index (Phi) is 9.28. The number of nitrogens with one attached hydrogen (secondary N) is 1. The minimum atomic E-state index is -3.74. The fourth-order valence-corrected chi connectivity index (χ4v) is 5.95. The molecule has 3 rings (SSSR count). The fourth-order valence-electron chi connectivity index (χ4n) is 3.99. The van der Waals surface area contributed by atoms with Crippen molar-refractivity contribution < 1.29 is 13.2 Å². The first kappa shape index (κ1) is 25.6. The number of benzene rings is 2. The van der Waals surface area contributed by atoms with Gasteiger partial charge in [-0.2, -0.15) is 4.31 Å². The van der Waals surface area contributed by atoms with E-state index in [1.165, 1.54) is 22.0 Å². The first-order valence-electron chi connectivity index (χ1n) is 11.4. The first-order valence-corrected chi connectivity index (χ1v) is 13.2. The molecule has 9 heteroatoms. The van der Waals surface area contributed by atoms with Gasteiger partial charge in [-0.3, -0.25) is 14.6 Å². The van der Waals surface area contributed by atoms with Crippen molar-refractivity contribution >= 4 is 27.5 Å². The summed E-state index contributed by atoms with van der Waals surface area (Å²) in [6.07, 6.45) is 0. The Morgan fingerprint density at radius 3 is 2.27 bits per heavy atom. The van der Waals surface area contributed by atoms with E-state index in [0.717, 1.165) is 39.3 Å². The van der Waals surface area contributed by atoms with Gasteiger partial charge in [-0.1, -0.05) is 55.8 Å². The van der Waals surface area contributed by atoms with E-state index in [9.17, 15) is 13.2 Å². The van der Waals surface area contributed by atoms with Crippen molar-refractivity contribution in [2.45, 2.75) is 25.3 Å². The summed E-state index contributed by atoms with van der Waals surface area (Å²) in [6.45, 7) is 10.3. The van der Waals surface area contributed by atoms with Crippen molar-refractivity contribution in [3.8, 4) is 0 Å². The maximum Gasteiger partial charge on any atom is 0.251 e. The fraction of sp³-hybridized carbons (Fsp3) is 0.458. The van der Waals surface area contributed by atoms with Crippen LogP contribution < -0.4 is 5.32 Å². The van der Waals surface area contributed by atoms with E-state index >= 15 is 0 Å². The molecular weight excluding hydrogens is 460 g/mol. The van der Waals surface area contributed by atoms with Crippen LogP contribution in [0.4, 0.5) is 0 Å². The third-order valence-electron chi connectivity index (χ3n) is 5.94. The molecule has 33 heavy (non-hydrogen) atoms. The Morgan fingerprint density at radius 2 is 1.64 bits per heavy atom. The average Bonchev–Trinajstić information content (AvgIpc) is 2.81. The minimum Gasteiger partial charge on any atom is -0.351 e. The number of hydrogen-bond donors (Lipinski definition) is 1. The van der Waals surface area contributed by atoms with Crippen LogP contribution in [0.1, 0.15) is 29.8 Å². The normalized spacial score (nSPS) is 15.6. The van der Waals surface area contributed by atoms with Gasteiger partial charge >= 0.3 is 0 Å². The number of hydrogen-bond acceptors (Lipinski definition) is 5. The highest BCUT2D eigenvalue weighted by molar-refractivity contribution is 7.89. The van der Waals surface area contributed by atoms with Crippen molar-refractivity contribution in [1.82, 2.24) is 19.4 Å². The van der Waals surface area contributed by atoms with E-state index in [1.807, 2.05) is 6.07 Å². The summed E-state index contributed by atoms with van der Waals surface area (Å²) in [5.74, 6) is -0.301. The van der Waals surface area contributed by atoms with Crippen molar-refractivity contribution in [1.29, 1.82) is 0 Å². The maximum atomic E-state index is 12.9. The van der Waals surface area contributed by atoms with Crippen LogP contribution >= 0.6 is 11.6 Å². The average molecular weight is 493 g/mol. The van der Waals surface area contributed by atoms with Gasteiger partial charge in [0.05, 0.1) is 5.02 Å². The van der Waals surface area contributed by atoms with Gasteiger partial charge in [-0.05, 0) is 23.8 Å². The van der Waals surface area contributed by atoms with E-state index < -0.39 is 10.0 Å². The Bertz CT molecular complexity index is 1020. The van der Waals surface area contributed by atoms with Crippen LogP contribution in [-0.2, 0) is 16.6 Å². The molecule has 1 amide bonds. The van der Waals surface area contributed by atoms with Gasteiger partial charge in [0.2, 0.25) is 10.0 Å². The molecule has 7 nitrogen and oxygen atoms in total. The lowest BCUT2D eigenvalue weighted by Crippen LogP contribution is -2.48. The van der Waals surface area contributed by atoms with E-state index in [1.54, 1.807) is 19.9 Å². The van der Waals surface area contributed by atoms with E-state index in [4.69, 9.17) is 11.6 Å². The van der Waals surface area contributed by atoms with E-state index in [0.29, 0.717) is 19.6 Å². The molecule has 1 N–H and O–H groups in total. The van der Waals surface area contributed by atoms with Gasteiger partial charge in [-0.25, -0.2) is 8.42 Å². The van der Waals surface area contributed by atoms with Crippen LogP contribution in [0.3, 0.4) is 0 Å². The second-order valence-corrected chi connectivity index (χ2v) is 10.4. The zero-order valence-corrected chi connectivity index (χ0v) is 20.9. The molecule has 0 atom stereocenters. The van der Waals surface area contributed by atoms with Crippen LogP contribution in [0, 0.1) is 0 Å².